The normalized spacial score (nSPS) is 21.6. The standard InChI is InChI=1S/C8H13NO/c10-7-9-6-8-4-2-1-3-5-8/h6-8H,1-5H2/b9-6+. The van der Waals surface area contributed by atoms with Gasteiger partial charge in [-0.05, 0) is 18.8 Å². The van der Waals surface area contributed by atoms with Crippen LogP contribution in [0.5, 0.6) is 0 Å². The van der Waals surface area contributed by atoms with Crippen molar-refractivity contribution in [3.05, 3.63) is 0 Å². The number of nitrogens with zero attached hydrogens (tertiary/aromatic N) is 1. The van der Waals surface area contributed by atoms with E-state index in [-0.39, 0.29) is 0 Å². The molecule has 0 bridgehead atoms. The maximum absolute atomic E-state index is 9.85. The summed E-state index contributed by atoms with van der Waals surface area (Å²) in [5.41, 5.74) is 0. The van der Waals surface area contributed by atoms with E-state index in [9.17, 15) is 4.79 Å². The summed E-state index contributed by atoms with van der Waals surface area (Å²) in [6.45, 7) is 0. The van der Waals surface area contributed by atoms with Crippen LogP contribution < -0.4 is 0 Å². The number of aliphatic imine (C=N–C) groups is 1. The van der Waals surface area contributed by atoms with Crippen LogP contribution in [0.2, 0.25) is 0 Å². The molecule has 0 heterocycles. The van der Waals surface area contributed by atoms with Gasteiger partial charge in [0.15, 0.2) is 0 Å². The van der Waals surface area contributed by atoms with Crippen LogP contribution in [0.1, 0.15) is 32.1 Å². The molecule has 0 aromatic heterocycles. The van der Waals surface area contributed by atoms with Crippen molar-refractivity contribution in [2.75, 3.05) is 0 Å². The average molecular weight is 139 g/mol. The van der Waals surface area contributed by atoms with Gasteiger partial charge >= 0.3 is 0 Å². The molecule has 1 aliphatic carbocycles. The van der Waals surface area contributed by atoms with Crippen molar-refractivity contribution < 1.29 is 4.79 Å². The molecule has 0 radical (unpaired) electrons. The Kier molecular flexibility index (Phi) is 3.13. The van der Waals surface area contributed by atoms with E-state index >= 15 is 0 Å². The topological polar surface area (TPSA) is 29.4 Å². The van der Waals surface area contributed by atoms with Gasteiger partial charge in [0.05, 0.1) is 0 Å². The van der Waals surface area contributed by atoms with E-state index in [0.29, 0.717) is 12.3 Å². The Morgan fingerprint density at radius 2 is 1.90 bits per heavy atom. The zero-order chi connectivity index (χ0) is 7.23. The highest BCUT2D eigenvalue weighted by molar-refractivity contribution is 5.71. The summed E-state index contributed by atoms with van der Waals surface area (Å²) in [4.78, 5) is 13.4. The molecule has 2 heteroatoms. The number of amides is 1. The molecule has 0 aromatic carbocycles. The van der Waals surface area contributed by atoms with Crippen molar-refractivity contribution >= 4 is 12.6 Å². The third-order valence-electron chi connectivity index (χ3n) is 2.01. The van der Waals surface area contributed by atoms with Gasteiger partial charge in [-0.1, -0.05) is 19.3 Å². The molecule has 2 nitrogen and oxygen atoms in total. The molecular weight excluding hydrogens is 126 g/mol. The van der Waals surface area contributed by atoms with Gasteiger partial charge in [-0.2, -0.15) is 0 Å². The van der Waals surface area contributed by atoms with Gasteiger partial charge in [-0.25, -0.2) is 4.99 Å². The fourth-order valence-electron chi connectivity index (χ4n) is 1.44. The molecule has 1 fully saturated rings. The van der Waals surface area contributed by atoms with Crippen LogP contribution in [0.25, 0.3) is 0 Å². The highest BCUT2D eigenvalue weighted by Crippen LogP contribution is 2.21. The minimum absolute atomic E-state index is 0.582. The second-order valence-electron chi connectivity index (χ2n) is 2.80. The molecule has 1 amide bonds. The van der Waals surface area contributed by atoms with Crippen molar-refractivity contribution in [1.29, 1.82) is 0 Å². The smallest absolute Gasteiger partial charge is 0.232 e. The van der Waals surface area contributed by atoms with E-state index in [2.05, 4.69) is 4.99 Å². The van der Waals surface area contributed by atoms with E-state index in [4.69, 9.17) is 0 Å². The molecular formula is C8H13NO. The van der Waals surface area contributed by atoms with Gasteiger partial charge in [0, 0.05) is 6.21 Å². The summed E-state index contributed by atoms with van der Waals surface area (Å²) in [6.07, 6.45) is 8.81. The molecule has 1 rings (SSSR count). The lowest BCUT2D eigenvalue weighted by Gasteiger charge is -2.16. The van der Waals surface area contributed by atoms with E-state index < -0.39 is 0 Å². The molecule has 0 N–H and O–H groups in total. The highest BCUT2D eigenvalue weighted by atomic mass is 16.1. The Hall–Kier alpha value is -0.660. The van der Waals surface area contributed by atoms with Crippen molar-refractivity contribution in [2.24, 2.45) is 10.9 Å². The molecule has 56 valence electrons. The summed E-state index contributed by atoms with van der Waals surface area (Å²) >= 11 is 0. The number of carbonyl (C=O) groups excluding carboxylic acids is 1. The first-order valence-electron chi connectivity index (χ1n) is 3.90. The predicted octanol–water partition coefficient (Wildman–Crippen LogP) is 1.79. The van der Waals surface area contributed by atoms with Crippen molar-refractivity contribution in [2.45, 2.75) is 32.1 Å². The van der Waals surface area contributed by atoms with Crippen LogP contribution in [-0.2, 0) is 4.79 Å². The zero-order valence-electron chi connectivity index (χ0n) is 6.12. The molecule has 10 heavy (non-hydrogen) atoms. The lowest BCUT2D eigenvalue weighted by atomic mass is 9.90. The van der Waals surface area contributed by atoms with E-state index in [1.807, 2.05) is 0 Å². The second kappa shape index (κ2) is 4.20. The second-order valence-corrected chi connectivity index (χ2v) is 2.80. The fourth-order valence-corrected chi connectivity index (χ4v) is 1.44. The first-order valence-corrected chi connectivity index (χ1v) is 3.90. The monoisotopic (exact) mass is 139 g/mol. The van der Waals surface area contributed by atoms with E-state index in [0.717, 1.165) is 0 Å². The number of hydrogen-bond donors (Lipinski definition) is 0. The molecule has 0 aliphatic heterocycles. The van der Waals surface area contributed by atoms with Gasteiger partial charge in [0.1, 0.15) is 0 Å². The third-order valence-corrected chi connectivity index (χ3v) is 2.01. The van der Waals surface area contributed by atoms with Gasteiger partial charge < -0.3 is 0 Å². The van der Waals surface area contributed by atoms with Crippen LogP contribution >= 0.6 is 0 Å². The van der Waals surface area contributed by atoms with Crippen LogP contribution in [0, 0.1) is 5.92 Å². The summed E-state index contributed by atoms with van der Waals surface area (Å²) in [7, 11) is 0. The van der Waals surface area contributed by atoms with Crippen LogP contribution in [0.15, 0.2) is 4.99 Å². The maximum atomic E-state index is 9.85. The summed E-state index contributed by atoms with van der Waals surface area (Å²) in [6, 6.07) is 0. The first-order chi connectivity index (χ1) is 4.93. The fraction of sp³-hybridized carbons (Fsp3) is 0.750. The number of hydrogen-bond acceptors (Lipinski definition) is 1. The highest BCUT2D eigenvalue weighted by Gasteiger charge is 2.09. The summed E-state index contributed by atoms with van der Waals surface area (Å²) < 4.78 is 0. The Morgan fingerprint density at radius 1 is 1.20 bits per heavy atom. The van der Waals surface area contributed by atoms with Gasteiger partial charge in [0.25, 0.3) is 0 Å². The maximum Gasteiger partial charge on any atom is 0.232 e. The lowest BCUT2D eigenvalue weighted by Crippen LogP contribution is -2.06. The van der Waals surface area contributed by atoms with E-state index in [1.54, 1.807) is 6.21 Å². The largest absolute Gasteiger partial charge is 0.276 e. The van der Waals surface area contributed by atoms with Crippen LogP contribution in [0.3, 0.4) is 0 Å². The summed E-state index contributed by atoms with van der Waals surface area (Å²) in [5, 5.41) is 0. The summed E-state index contributed by atoms with van der Waals surface area (Å²) in [5.74, 6) is 0.582. The van der Waals surface area contributed by atoms with Gasteiger partial charge in [-0.3, -0.25) is 4.79 Å². The van der Waals surface area contributed by atoms with Crippen molar-refractivity contribution in [3.63, 3.8) is 0 Å². The first kappa shape index (κ1) is 7.45. The quantitative estimate of drug-likeness (QED) is 0.423. The minimum Gasteiger partial charge on any atom is -0.276 e. The van der Waals surface area contributed by atoms with Crippen molar-refractivity contribution in [1.82, 2.24) is 0 Å². The SMILES string of the molecule is O=C/N=C/C1CCCCC1. The van der Waals surface area contributed by atoms with Crippen LogP contribution in [0.4, 0.5) is 0 Å². The Balaban J connectivity index is 2.25. The molecule has 0 spiro atoms. The zero-order valence-corrected chi connectivity index (χ0v) is 6.12. The molecule has 1 saturated carbocycles. The minimum atomic E-state index is 0.582. The predicted molar refractivity (Wildman–Crippen MR) is 41.1 cm³/mol. The number of carbonyl (C=O) groups is 1. The average Bonchev–Trinajstić information content (AvgIpc) is 2.03. The van der Waals surface area contributed by atoms with Gasteiger partial charge in [0.2, 0.25) is 6.41 Å². The third kappa shape index (κ3) is 2.29. The van der Waals surface area contributed by atoms with Crippen molar-refractivity contribution in [3.8, 4) is 0 Å². The Labute approximate surface area is 61.3 Å². The molecule has 0 atom stereocenters. The van der Waals surface area contributed by atoms with Crippen LogP contribution in [-0.4, -0.2) is 12.6 Å². The molecule has 0 saturated heterocycles. The Bertz CT molecular complexity index is 125. The lowest BCUT2D eigenvalue weighted by molar-refractivity contribution is -0.106. The van der Waals surface area contributed by atoms with Gasteiger partial charge in [-0.15, -0.1) is 0 Å². The Morgan fingerprint density at radius 3 is 2.50 bits per heavy atom. The molecule has 0 aromatic rings. The molecule has 0 unspecified atom stereocenters. The number of rotatable bonds is 2. The van der Waals surface area contributed by atoms with E-state index in [1.165, 1.54) is 32.1 Å². The molecule has 1 aliphatic rings.